The van der Waals surface area contributed by atoms with E-state index < -0.39 is 0 Å². The summed E-state index contributed by atoms with van der Waals surface area (Å²) in [6.07, 6.45) is 9.13. The Labute approximate surface area is 187 Å². The van der Waals surface area contributed by atoms with Gasteiger partial charge in [0.25, 0.3) is 5.91 Å². The Kier molecular flexibility index (Phi) is 5.78. The fourth-order valence-electron chi connectivity index (χ4n) is 5.40. The van der Waals surface area contributed by atoms with Crippen LogP contribution in [-0.2, 0) is 9.53 Å². The second-order valence-electron chi connectivity index (χ2n) is 9.11. The highest BCUT2D eigenvalue weighted by atomic mass is 16.5. The van der Waals surface area contributed by atoms with Crippen LogP contribution in [0.3, 0.4) is 0 Å². The van der Waals surface area contributed by atoms with E-state index in [0.29, 0.717) is 11.8 Å². The Morgan fingerprint density at radius 3 is 2.50 bits per heavy atom. The van der Waals surface area contributed by atoms with Crippen molar-refractivity contribution in [2.45, 2.75) is 37.8 Å². The molecule has 1 saturated carbocycles. The highest BCUT2D eigenvalue weighted by Crippen LogP contribution is 2.38. The molecule has 3 aliphatic rings. The van der Waals surface area contributed by atoms with Gasteiger partial charge < -0.3 is 15.0 Å². The lowest BCUT2D eigenvalue weighted by molar-refractivity contribution is -0.134. The van der Waals surface area contributed by atoms with Crippen LogP contribution in [0.25, 0.3) is 5.69 Å². The molecule has 4 atom stereocenters. The van der Waals surface area contributed by atoms with Gasteiger partial charge in [-0.15, -0.1) is 5.10 Å². The molecule has 2 aliphatic carbocycles. The van der Waals surface area contributed by atoms with Gasteiger partial charge in [0.1, 0.15) is 0 Å². The molecule has 2 aromatic rings. The number of benzene rings is 1. The van der Waals surface area contributed by atoms with E-state index in [9.17, 15) is 9.59 Å². The van der Waals surface area contributed by atoms with Gasteiger partial charge in [-0.2, -0.15) is 0 Å². The highest BCUT2D eigenvalue weighted by molar-refractivity contribution is 5.92. The molecule has 1 aromatic heterocycles. The number of allylic oxidation sites excluding steroid dienone is 2. The van der Waals surface area contributed by atoms with Gasteiger partial charge in [-0.1, -0.05) is 35.6 Å². The average molecular weight is 436 g/mol. The van der Waals surface area contributed by atoms with E-state index in [1.165, 1.54) is 0 Å². The summed E-state index contributed by atoms with van der Waals surface area (Å²) >= 11 is 0. The smallest absolute Gasteiger partial charge is 0.273 e. The van der Waals surface area contributed by atoms with Gasteiger partial charge in [-0.05, 0) is 49.7 Å². The highest BCUT2D eigenvalue weighted by Gasteiger charge is 2.45. The molecule has 1 aromatic carbocycles. The van der Waals surface area contributed by atoms with Crippen molar-refractivity contribution in [2.75, 3.05) is 20.2 Å². The Balaban J connectivity index is 1.23. The molecule has 0 spiro atoms. The molecule has 2 heterocycles. The predicted octanol–water partition coefficient (Wildman–Crippen LogP) is 2.22. The molecule has 1 N–H and O–H groups in total. The first-order valence-corrected chi connectivity index (χ1v) is 11.4. The standard InChI is InChI=1S/C24H29N5O3/c1-32-22-12-18-14-28(24(31)16-7-5-6-8-16)13-17(18)11-20(22)25-23(30)21-15-29(27-26-21)19-9-3-2-4-10-19/h2-6,9-10,15-18,20,22H,7-8,11-14H2,1H3,(H,25,30)/t17-,18+,20-,22-/m0/s1. The molecule has 2 fully saturated rings. The summed E-state index contributed by atoms with van der Waals surface area (Å²) in [5, 5.41) is 11.3. The number of aromatic nitrogens is 3. The number of hydrogen-bond donors (Lipinski definition) is 1. The SMILES string of the molecule is CO[C@H]1C[C@@H]2CN(C(=O)C3CC=CC3)C[C@@H]2C[C@@H]1NC(=O)c1cn(-c2ccccc2)nn1. The third-order valence-electron chi connectivity index (χ3n) is 7.15. The monoisotopic (exact) mass is 435 g/mol. The maximum atomic E-state index is 12.9. The summed E-state index contributed by atoms with van der Waals surface area (Å²) in [6, 6.07) is 9.46. The van der Waals surface area contributed by atoms with Crippen LogP contribution in [0.2, 0.25) is 0 Å². The minimum Gasteiger partial charge on any atom is -0.379 e. The van der Waals surface area contributed by atoms with Gasteiger partial charge in [-0.25, -0.2) is 4.68 Å². The third-order valence-corrected chi connectivity index (χ3v) is 7.15. The molecule has 0 bridgehead atoms. The molecule has 1 saturated heterocycles. The predicted molar refractivity (Wildman–Crippen MR) is 118 cm³/mol. The van der Waals surface area contributed by atoms with E-state index in [-0.39, 0.29) is 35.6 Å². The largest absolute Gasteiger partial charge is 0.379 e. The van der Waals surface area contributed by atoms with Crippen molar-refractivity contribution in [1.29, 1.82) is 0 Å². The first kappa shape index (κ1) is 20.9. The lowest BCUT2D eigenvalue weighted by Gasteiger charge is -2.37. The van der Waals surface area contributed by atoms with Crippen LogP contribution in [0.4, 0.5) is 0 Å². The van der Waals surface area contributed by atoms with Crippen molar-refractivity contribution in [3.05, 3.63) is 54.4 Å². The van der Waals surface area contributed by atoms with Crippen molar-refractivity contribution in [2.24, 2.45) is 17.8 Å². The molecular formula is C24H29N5O3. The fraction of sp³-hybridized carbons (Fsp3) is 0.500. The first-order valence-electron chi connectivity index (χ1n) is 11.4. The molecular weight excluding hydrogens is 406 g/mol. The summed E-state index contributed by atoms with van der Waals surface area (Å²) in [5.41, 5.74) is 1.13. The number of likely N-dealkylation sites (tertiary alicyclic amines) is 1. The molecule has 0 unspecified atom stereocenters. The van der Waals surface area contributed by atoms with Crippen molar-refractivity contribution in [3.8, 4) is 5.69 Å². The van der Waals surface area contributed by atoms with Crippen LogP contribution in [0.5, 0.6) is 0 Å². The average Bonchev–Trinajstić information content (AvgIpc) is 3.59. The zero-order chi connectivity index (χ0) is 22.1. The zero-order valence-corrected chi connectivity index (χ0v) is 18.3. The van der Waals surface area contributed by atoms with E-state index in [0.717, 1.165) is 44.5 Å². The Hall–Kier alpha value is -3.00. The lowest BCUT2D eigenvalue weighted by Crippen LogP contribution is -2.50. The number of nitrogens with zero attached hydrogens (tertiary/aromatic N) is 4. The van der Waals surface area contributed by atoms with E-state index in [1.807, 2.05) is 35.2 Å². The number of para-hydroxylation sites is 1. The summed E-state index contributed by atoms with van der Waals surface area (Å²) in [5.74, 6) is 0.934. The van der Waals surface area contributed by atoms with Gasteiger partial charge in [0.2, 0.25) is 5.91 Å². The van der Waals surface area contributed by atoms with Crippen molar-refractivity contribution in [3.63, 3.8) is 0 Å². The minimum absolute atomic E-state index is 0.0763. The van der Waals surface area contributed by atoms with Gasteiger partial charge in [0.05, 0.1) is 24.0 Å². The second kappa shape index (κ2) is 8.86. The first-order chi connectivity index (χ1) is 15.6. The summed E-state index contributed by atoms with van der Waals surface area (Å²) in [7, 11) is 1.69. The summed E-state index contributed by atoms with van der Waals surface area (Å²) in [6.45, 7) is 1.57. The van der Waals surface area contributed by atoms with Crippen LogP contribution in [0.1, 0.15) is 36.2 Å². The van der Waals surface area contributed by atoms with E-state index in [4.69, 9.17) is 4.74 Å². The summed E-state index contributed by atoms with van der Waals surface area (Å²) < 4.78 is 7.34. The number of rotatable bonds is 5. The minimum atomic E-state index is -0.249. The number of amides is 2. The van der Waals surface area contributed by atoms with Crippen molar-refractivity contribution in [1.82, 2.24) is 25.2 Å². The third kappa shape index (κ3) is 4.07. The maximum absolute atomic E-state index is 12.9. The molecule has 32 heavy (non-hydrogen) atoms. The second-order valence-corrected chi connectivity index (χ2v) is 9.11. The number of carbonyl (C=O) groups excluding carboxylic acids is 2. The molecule has 8 heteroatoms. The van der Waals surface area contributed by atoms with Crippen LogP contribution in [0.15, 0.2) is 48.7 Å². The number of methoxy groups -OCH3 is 1. The fourth-order valence-corrected chi connectivity index (χ4v) is 5.40. The van der Waals surface area contributed by atoms with E-state index in [2.05, 4.69) is 27.8 Å². The molecule has 8 nitrogen and oxygen atoms in total. The number of nitrogens with one attached hydrogen (secondary N) is 1. The van der Waals surface area contributed by atoms with Gasteiger partial charge in [0, 0.05) is 26.1 Å². The van der Waals surface area contributed by atoms with Crippen LogP contribution in [-0.4, -0.2) is 64.1 Å². The molecule has 168 valence electrons. The number of hydrogen-bond acceptors (Lipinski definition) is 5. The van der Waals surface area contributed by atoms with Crippen LogP contribution < -0.4 is 5.32 Å². The van der Waals surface area contributed by atoms with Crippen LogP contribution >= 0.6 is 0 Å². The van der Waals surface area contributed by atoms with Gasteiger partial charge in [0.15, 0.2) is 5.69 Å². The van der Waals surface area contributed by atoms with Crippen molar-refractivity contribution < 1.29 is 14.3 Å². The van der Waals surface area contributed by atoms with Gasteiger partial charge in [-0.3, -0.25) is 9.59 Å². The zero-order valence-electron chi connectivity index (χ0n) is 18.3. The quantitative estimate of drug-likeness (QED) is 0.728. The number of carbonyl (C=O) groups is 2. The molecule has 0 radical (unpaired) electrons. The topological polar surface area (TPSA) is 89.4 Å². The number of fused-ring (bicyclic) bond motifs is 1. The van der Waals surface area contributed by atoms with E-state index >= 15 is 0 Å². The maximum Gasteiger partial charge on any atom is 0.273 e. The van der Waals surface area contributed by atoms with Crippen molar-refractivity contribution >= 4 is 11.8 Å². The Morgan fingerprint density at radius 2 is 1.78 bits per heavy atom. The van der Waals surface area contributed by atoms with Crippen LogP contribution in [0, 0.1) is 17.8 Å². The Morgan fingerprint density at radius 1 is 1.06 bits per heavy atom. The lowest BCUT2D eigenvalue weighted by atomic mass is 9.77. The van der Waals surface area contributed by atoms with E-state index in [1.54, 1.807) is 18.0 Å². The molecule has 1 aliphatic heterocycles. The molecule has 5 rings (SSSR count). The Bertz CT molecular complexity index is 996. The number of ether oxygens (including phenoxy) is 1. The summed E-state index contributed by atoms with van der Waals surface area (Å²) in [4.78, 5) is 27.8. The van der Waals surface area contributed by atoms with Gasteiger partial charge >= 0.3 is 0 Å². The molecule has 2 amide bonds. The normalized spacial score (nSPS) is 27.5.